The predicted molar refractivity (Wildman–Crippen MR) is 106 cm³/mol. The first-order chi connectivity index (χ1) is 13.0. The highest BCUT2D eigenvalue weighted by Crippen LogP contribution is 2.32. The number of hydrogen-bond donors (Lipinski definition) is 1. The van der Waals surface area contributed by atoms with E-state index in [1.165, 1.54) is 26.0 Å². The van der Waals surface area contributed by atoms with Crippen LogP contribution in [0.2, 0.25) is 10.0 Å². The van der Waals surface area contributed by atoms with Crippen LogP contribution in [0.3, 0.4) is 0 Å². The lowest BCUT2D eigenvalue weighted by Crippen LogP contribution is -2.21. The number of halogens is 2. The van der Waals surface area contributed by atoms with Crippen LogP contribution in [0, 0.1) is 24.0 Å². The van der Waals surface area contributed by atoms with Crippen molar-refractivity contribution in [3.8, 4) is 5.75 Å². The Morgan fingerprint density at radius 1 is 1.18 bits per heavy atom. The highest BCUT2D eigenvalue weighted by Gasteiger charge is 2.26. The zero-order valence-electron chi connectivity index (χ0n) is 14.9. The summed E-state index contributed by atoms with van der Waals surface area (Å²) in [5, 5.41) is 13.7. The standard InChI is InChI=1S/C17H16Cl2N2O6S/c1-10-6-12(7-11(2)17(10)28(25,26)9-21(23)24)20-15(22)8-27-16-13(18)4-3-5-14(16)19/h3-7H,8-9H2,1-2H3,(H,20,22). The van der Waals surface area contributed by atoms with E-state index in [0.29, 0.717) is 5.69 Å². The Hall–Kier alpha value is -2.36. The molecule has 2 rings (SSSR count). The minimum absolute atomic E-state index is 0.124. The number of nitro groups is 1. The molecule has 150 valence electrons. The number of benzene rings is 2. The maximum atomic E-state index is 12.2. The van der Waals surface area contributed by atoms with Crippen LogP contribution in [0.25, 0.3) is 0 Å². The molecule has 0 spiro atoms. The summed E-state index contributed by atoms with van der Waals surface area (Å²) in [4.78, 5) is 21.7. The smallest absolute Gasteiger partial charge is 0.305 e. The average molecular weight is 447 g/mol. The molecule has 0 saturated carbocycles. The number of amides is 1. The van der Waals surface area contributed by atoms with Crippen LogP contribution in [0.4, 0.5) is 5.69 Å². The van der Waals surface area contributed by atoms with Crippen LogP contribution in [-0.2, 0) is 14.6 Å². The summed E-state index contributed by atoms with van der Waals surface area (Å²) in [6.07, 6.45) is 0. The molecule has 8 nitrogen and oxygen atoms in total. The van der Waals surface area contributed by atoms with Crippen LogP contribution < -0.4 is 10.1 Å². The van der Waals surface area contributed by atoms with Crippen molar-refractivity contribution in [3.63, 3.8) is 0 Å². The third-order valence-electron chi connectivity index (χ3n) is 3.60. The van der Waals surface area contributed by atoms with Gasteiger partial charge in [-0.3, -0.25) is 14.9 Å². The van der Waals surface area contributed by atoms with Gasteiger partial charge in [0, 0.05) is 10.6 Å². The van der Waals surface area contributed by atoms with E-state index in [1.54, 1.807) is 18.2 Å². The van der Waals surface area contributed by atoms with Crippen molar-refractivity contribution in [2.75, 3.05) is 17.8 Å². The summed E-state index contributed by atoms with van der Waals surface area (Å²) < 4.78 is 29.7. The number of carbonyl (C=O) groups excluding carboxylic acids is 1. The highest BCUT2D eigenvalue weighted by molar-refractivity contribution is 7.91. The zero-order chi connectivity index (χ0) is 21.1. The molecule has 0 aliphatic rings. The Balaban J connectivity index is 2.15. The largest absolute Gasteiger partial charge is 0.481 e. The first-order valence-electron chi connectivity index (χ1n) is 7.83. The van der Waals surface area contributed by atoms with Crippen molar-refractivity contribution >= 4 is 44.6 Å². The molecule has 28 heavy (non-hydrogen) atoms. The molecule has 0 heterocycles. The summed E-state index contributed by atoms with van der Waals surface area (Å²) in [6, 6.07) is 7.60. The van der Waals surface area contributed by atoms with E-state index in [9.17, 15) is 23.3 Å². The molecular weight excluding hydrogens is 431 g/mol. The maximum Gasteiger partial charge on any atom is 0.305 e. The molecule has 2 aromatic rings. The molecule has 0 aromatic heterocycles. The molecule has 11 heteroatoms. The number of ether oxygens (including phenoxy) is 1. The summed E-state index contributed by atoms with van der Waals surface area (Å²) in [5.41, 5.74) is 0.897. The topological polar surface area (TPSA) is 116 Å². The van der Waals surface area contributed by atoms with Gasteiger partial charge in [0.25, 0.3) is 5.91 Å². The molecular formula is C17H16Cl2N2O6S. The molecule has 1 amide bonds. The summed E-state index contributed by atoms with van der Waals surface area (Å²) in [6.45, 7) is 2.62. The Morgan fingerprint density at radius 2 is 1.71 bits per heavy atom. The number of nitrogens with zero attached hydrogens (tertiary/aromatic N) is 1. The lowest BCUT2D eigenvalue weighted by Gasteiger charge is -2.13. The fourth-order valence-corrected chi connectivity index (χ4v) is 4.68. The van der Waals surface area contributed by atoms with Crippen molar-refractivity contribution in [1.82, 2.24) is 0 Å². The number of para-hydroxylation sites is 1. The Morgan fingerprint density at radius 3 is 2.21 bits per heavy atom. The Kier molecular flexibility index (Phi) is 6.87. The van der Waals surface area contributed by atoms with E-state index >= 15 is 0 Å². The lowest BCUT2D eigenvalue weighted by atomic mass is 10.1. The van der Waals surface area contributed by atoms with Crippen LogP contribution in [0.5, 0.6) is 5.75 Å². The first kappa shape index (κ1) is 21.9. The SMILES string of the molecule is Cc1cc(NC(=O)COc2c(Cl)cccc2Cl)cc(C)c1S(=O)(=O)C[N+](=O)[O-]. The van der Waals surface area contributed by atoms with Crippen LogP contribution in [-0.4, -0.2) is 31.7 Å². The number of sulfone groups is 1. The van der Waals surface area contributed by atoms with Gasteiger partial charge in [-0.25, -0.2) is 8.42 Å². The van der Waals surface area contributed by atoms with Crippen molar-refractivity contribution in [2.24, 2.45) is 0 Å². The minimum Gasteiger partial charge on any atom is -0.481 e. The second-order valence-corrected chi connectivity index (χ2v) is 8.61. The van der Waals surface area contributed by atoms with E-state index in [4.69, 9.17) is 27.9 Å². The molecule has 0 aliphatic heterocycles. The Labute approximate surface area is 171 Å². The van der Waals surface area contributed by atoms with E-state index in [-0.39, 0.29) is 38.4 Å². The van der Waals surface area contributed by atoms with E-state index < -0.39 is 26.5 Å². The number of aryl methyl sites for hydroxylation is 2. The van der Waals surface area contributed by atoms with E-state index in [2.05, 4.69) is 5.32 Å². The van der Waals surface area contributed by atoms with Gasteiger partial charge in [0.1, 0.15) is 0 Å². The van der Waals surface area contributed by atoms with Crippen LogP contribution >= 0.6 is 23.2 Å². The van der Waals surface area contributed by atoms with E-state index in [0.717, 1.165) is 0 Å². The minimum atomic E-state index is -4.09. The fraction of sp³-hybridized carbons (Fsp3) is 0.235. The van der Waals surface area contributed by atoms with Gasteiger partial charge >= 0.3 is 5.88 Å². The third-order valence-corrected chi connectivity index (χ3v) is 6.01. The lowest BCUT2D eigenvalue weighted by molar-refractivity contribution is -0.458. The van der Waals surface area contributed by atoms with Gasteiger partial charge in [-0.05, 0) is 49.2 Å². The second kappa shape index (κ2) is 8.76. The zero-order valence-corrected chi connectivity index (χ0v) is 17.2. The molecule has 2 aromatic carbocycles. The fourth-order valence-electron chi connectivity index (χ4n) is 2.67. The molecule has 0 saturated heterocycles. The monoisotopic (exact) mass is 446 g/mol. The van der Waals surface area contributed by atoms with Gasteiger partial charge in [0.2, 0.25) is 9.84 Å². The molecule has 0 unspecified atom stereocenters. The molecule has 0 fully saturated rings. The van der Waals surface area contributed by atoms with Gasteiger partial charge in [-0.1, -0.05) is 29.3 Å². The van der Waals surface area contributed by atoms with Crippen molar-refractivity contribution < 1.29 is 22.9 Å². The van der Waals surface area contributed by atoms with Crippen LogP contribution in [0.1, 0.15) is 11.1 Å². The molecule has 0 radical (unpaired) electrons. The third kappa shape index (κ3) is 5.34. The van der Waals surface area contributed by atoms with Gasteiger partial charge in [-0.2, -0.15) is 0 Å². The van der Waals surface area contributed by atoms with E-state index in [1.807, 2.05) is 0 Å². The van der Waals surface area contributed by atoms with Gasteiger partial charge < -0.3 is 10.1 Å². The molecule has 0 atom stereocenters. The predicted octanol–water partition coefficient (Wildman–Crippen LogP) is 3.64. The normalized spacial score (nSPS) is 11.1. The number of rotatable bonds is 7. The quantitative estimate of drug-likeness (QED) is 0.512. The number of carbonyl (C=O) groups is 1. The van der Waals surface area contributed by atoms with Gasteiger partial charge in [0.15, 0.2) is 12.4 Å². The molecule has 0 bridgehead atoms. The Bertz CT molecular complexity index is 997. The van der Waals surface area contributed by atoms with Crippen molar-refractivity contribution in [3.05, 3.63) is 61.6 Å². The van der Waals surface area contributed by atoms with Gasteiger partial charge in [0.05, 0.1) is 14.9 Å². The summed E-state index contributed by atoms with van der Waals surface area (Å²) in [7, 11) is -4.09. The number of nitrogens with one attached hydrogen (secondary N) is 1. The van der Waals surface area contributed by atoms with Gasteiger partial charge in [-0.15, -0.1) is 0 Å². The average Bonchev–Trinajstić information content (AvgIpc) is 2.51. The molecule has 0 aliphatic carbocycles. The summed E-state index contributed by atoms with van der Waals surface area (Å²) >= 11 is 11.9. The summed E-state index contributed by atoms with van der Waals surface area (Å²) in [5.74, 6) is -1.54. The number of anilines is 1. The van der Waals surface area contributed by atoms with Crippen molar-refractivity contribution in [2.45, 2.75) is 18.7 Å². The second-order valence-electron chi connectivity index (χ2n) is 5.90. The van der Waals surface area contributed by atoms with Crippen molar-refractivity contribution in [1.29, 1.82) is 0 Å². The molecule has 1 N–H and O–H groups in total. The first-order valence-corrected chi connectivity index (χ1v) is 10.2. The maximum absolute atomic E-state index is 12.2. The number of hydrogen-bond acceptors (Lipinski definition) is 6. The highest BCUT2D eigenvalue weighted by atomic mass is 35.5. The van der Waals surface area contributed by atoms with Crippen LogP contribution in [0.15, 0.2) is 35.2 Å².